The maximum Gasteiger partial charge on any atom is 0.244 e. The van der Waals surface area contributed by atoms with Gasteiger partial charge in [0.1, 0.15) is 5.82 Å². The lowest BCUT2D eigenvalue weighted by atomic mass is 10.1. The van der Waals surface area contributed by atoms with Crippen LogP contribution in [0.15, 0.2) is 59.5 Å². The first kappa shape index (κ1) is 22.2. The SMILES string of the molecule is O=C(/C=C/c1ccc(F)cc1)NCCc1ccc(S(=O)(=O)N2CCCCCC2)cc1. The van der Waals surface area contributed by atoms with E-state index in [0.717, 1.165) is 36.8 Å². The van der Waals surface area contributed by atoms with E-state index in [1.807, 2.05) is 0 Å². The molecule has 2 aromatic carbocycles. The number of sulfonamides is 1. The monoisotopic (exact) mass is 430 g/mol. The van der Waals surface area contributed by atoms with Crippen LogP contribution in [0.2, 0.25) is 0 Å². The number of hydrogen-bond donors (Lipinski definition) is 1. The summed E-state index contributed by atoms with van der Waals surface area (Å²) in [6.45, 7) is 1.61. The molecule has 3 rings (SSSR count). The minimum absolute atomic E-state index is 0.236. The van der Waals surface area contributed by atoms with Crippen molar-refractivity contribution in [3.63, 3.8) is 0 Å². The van der Waals surface area contributed by atoms with Gasteiger partial charge in [-0.1, -0.05) is 37.1 Å². The number of benzene rings is 2. The summed E-state index contributed by atoms with van der Waals surface area (Å²) >= 11 is 0. The molecule has 0 bridgehead atoms. The number of nitrogens with zero attached hydrogens (tertiary/aromatic N) is 1. The van der Waals surface area contributed by atoms with E-state index in [1.54, 1.807) is 46.8 Å². The Kier molecular flexibility index (Phi) is 7.76. The van der Waals surface area contributed by atoms with Gasteiger partial charge < -0.3 is 5.32 Å². The quantitative estimate of drug-likeness (QED) is 0.680. The zero-order valence-corrected chi connectivity index (χ0v) is 17.7. The first-order valence-electron chi connectivity index (χ1n) is 10.3. The summed E-state index contributed by atoms with van der Waals surface area (Å²) in [4.78, 5) is 12.2. The van der Waals surface area contributed by atoms with Crippen LogP contribution in [0.25, 0.3) is 6.08 Å². The Balaban J connectivity index is 1.49. The molecule has 30 heavy (non-hydrogen) atoms. The summed E-state index contributed by atoms with van der Waals surface area (Å²) in [5, 5.41) is 2.79. The Morgan fingerprint density at radius 1 is 0.967 bits per heavy atom. The Bertz CT molecular complexity index is 963. The Morgan fingerprint density at radius 2 is 1.60 bits per heavy atom. The maximum absolute atomic E-state index is 12.9. The van der Waals surface area contributed by atoms with Crippen molar-refractivity contribution >= 4 is 22.0 Å². The molecule has 0 aliphatic carbocycles. The molecule has 0 unspecified atom stereocenters. The van der Waals surface area contributed by atoms with Crippen molar-refractivity contribution in [2.45, 2.75) is 37.0 Å². The zero-order chi connectivity index (χ0) is 21.4. The van der Waals surface area contributed by atoms with Crippen LogP contribution in [0.1, 0.15) is 36.8 Å². The molecule has 1 N–H and O–H groups in total. The predicted octanol–water partition coefficient (Wildman–Crippen LogP) is 3.76. The molecule has 1 amide bonds. The highest BCUT2D eigenvalue weighted by Gasteiger charge is 2.24. The predicted molar refractivity (Wildman–Crippen MR) is 116 cm³/mol. The van der Waals surface area contributed by atoms with E-state index in [4.69, 9.17) is 0 Å². The average molecular weight is 431 g/mol. The largest absolute Gasteiger partial charge is 0.352 e. The third kappa shape index (κ3) is 6.24. The molecular weight excluding hydrogens is 403 g/mol. The molecule has 0 spiro atoms. The molecule has 0 radical (unpaired) electrons. The molecule has 1 aliphatic heterocycles. The van der Waals surface area contributed by atoms with Crippen LogP contribution < -0.4 is 5.32 Å². The smallest absolute Gasteiger partial charge is 0.244 e. The third-order valence-corrected chi connectivity index (χ3v) is 7.05. The minimum Gasteiger partial charge on any atom is -0.352 e. The van der Waals surface area contributed by atoms with E-state index in [2.05, 4.69) is 5.32 Å². The summed E-state index contributed by atoms with van der Waals surface area (Å²) in [6, 6.07) is 12.8. The molecule has 5 nitrogen and oxygen atoms in total. The first-order valence-corrected chi connectivity index (χ1v) is 11.7. The van der Waals surface area contributed by atoms with Crippen molar-refractivity contribution in [2.75, 3.05) is 19.6 Å². The molecule has 1 aliphatic rings. The van der Waals surface area contributed by atoms with Gasteiger partial charge in [0, 0.05) is 25.7 Å². The van der Waals surface area contributed by atoms with Gasteiger partial charge in [-0.05, 0) is 60.7 Å². The molecule has 1 heterocycles. The van der Waals surface area contributed by atoms with Gasteiger partial charge in [0.15, 0.2) is 0 Å². The van der Waals surface area contributed by atoms with Crippen molar-refractivity contribution < 1.29 is 17.6 Å². The fourth-order valence-electron chi connectivity index (χ4n) is 3.39. The number of rotatable bonds is 7. The topological polar surface area (TPSA) is 66.5 Å². The van der Waals surface area contributed by atoms with Crippen LogP contribution >= 0.6 is 0 Å². The fourth-order valence-corrected chi connectivity index (χ4v) is 4.91. The lowest BCUT2D eigenvalue weighted by Crippen LogP contribution is -2.31. The molecule has 160 valence electrons. The highest BCUT2D eigenvalue weighted by Crippen LogP contribution is 2.20. The molecule has 1 fully saturated rings. The van der Waals surface area contributed by atoms with Gasteiger partial charge in [-0.3, -0.25) is 4.79 Å². The summed E-state index contributed by atoms with van der Waals surface area (Å²) in [6.07, 6.45) is 7.60. The van der Waals surface area contributed by atoms with E-state index in [1.165, 1.54) is 18.2 Å². The second kappa shape index (κ2) is 10.5. The standard InChI is InChI=1S/C23H27FN2O3S/c24-21-10-5-19(6-11-21)9-14-23(27)25-16-15-20-7-12-22(13-8-20)30(28,29)26-17-3-1-2-4-18-26/h5-14H,1-4,15-18H2,(H,25,27)/b14-9+. The second-order valence-electron chi connectivity index (χ2n) is 7.39. The number of carbonyl (C=O) groups excluding carboxylic acids is 1. The highest BCUT2D eigenvalue weighted by molar-refractivity contribution is 7.89. The average Bonchev–Trinajstić information content (AvgIpc) is 3.04. The third-order valence-electron chi connectivity index (χ3n) is 5.14. The van der Waals surface area contributed by atoms with Gasteiger partial charge >= 0.3 is 0 Å². The van der Waals surface area contributed by atoms with Gasteiger partial charge in [-0.2, -0.15) is 4.31 Å². The van der Waals surface area contributed by atoms with Crippen LogP contribution in [0.4, 0.5) is 4.39 Å². The van der Waals surface area contributed by atoms with Gasteiger partial charge in [-0.25, -0.2) is 12.8 Å². The lowest BCUT2D eigenvalue weighted by molar-refractivity contribution is -0.116. The van der Waals surface area contributed by atoms with Gasteiger partial charge in [0.25, 0.3) is 0 Å². The van der Waals surface area contributed by atoms with E-state index in [-0.39, 0.29) is 11.7 Å². The molecule has 0 aromatic heterocycles. The fraction of sp³-hybridized carbons (Fsp3) is 0.348. The maximum atomic E-state index is 12.9. The van der Waals surface area contributed by atoms with Gasteiger partial charge in [0.2, 0.25) is 15.9 Å². The summed E-state index contributed by atoms with van der Waals surface area (Å²) < 4.78 is 40.1. The van der Waals surface area contributed by atoms with Crippen LogP contribution in [0, 0.1) is 5.82 Å². The Labute approximate surface area is 177 Å². The molecule has 7 heteroatoms. The second-order valence-corrected chi connectivity index (χ2v) is 9.33. The van der Waals surface area contributed by atoms with Crippen molar-refractivity contribution in [3.05, 3.63) is 71.6 Å². The van der Waals surface area contributed by atoms with Gasteiger partial charge in [0.05, 0.1) is 4.90 Å². The lowest BCUT2D eigenvalue weighted by Gasteiger charge is -2.20. The van der Waals surface area contributed by atoms with Crippen molar-refractivity contribution in [2.24, 2.45) is 0 Å². The van der Waals surface area contributed by atoms with E-state index >= 15 is 0 Å². The Morgan fingerprint density at radius 3 is 2.23 bits per heavy atom. The number of carbonyl (C=O) groups is 1. The number of halogens is 1. The van der Waals surface area contributed by atoms with Crippen molar-refractivity contribution in [3.8, 4) is 0 Å². The molecule has 2 aromatic rings. The molecule has 1 saturated heterocycles. The molecule has 0 atom stereocenters. The van der Waals surface area contributed by atoms with E-state index < -0.39 is 10.0 Å². The normalized spacial score (nSPS) is 15.8. The van der Waals surface area contributed by atoms with Crippen LogP contribution in [-0.2, 0) is 21.2 Å². The number of nitrogens with one attached hydrogen (secondary N) is 1. The number of hydrogen-bond acceptors (Lipinski definition) is 3. The number of amides is 1. The summed E-state index contributed by atoms with van der Waals surface area (Å²) in [7, 11) is -3.44. The van der Waals surface area contributed by atoms with E-state index in [9.17, 15) is 17.6 Å². The van der Waals surface area contributed by atoms with Crippen LogP contribution in [0.3, 0.4) is 0 Å². The highest BCUT2D eigenvalue weighted by atomic mass is 32.2. The zero-order valence-electron chi connectivity index (χ0n) is 16.9. The van der Waals surface area contributed by atoms with Crippen LogP contribution in [-0.4, -0.2) is 38.3 Å². The summed E-state index contributed by atoms with van der Waals surface area (Å²) in [5.41, 5.74) is 1.69. The summed E-state index contributed by atoms with van der Waals surface area (Å²) in [5.74, 6) is -0.554. The van der Waals surface area contributed by atoms with Crippen molar-refractivity contribution in [1.29, 1.82) is 0 Å². The molecule has 0 saturated carbocycles. The van der Waals surface area contributed by atoms with Crippen molar-refractivity contribution in [1.82, 2.24) is 9.62 Å². The van der Waals surface area contributed by atoms with E-state index in [0.29, 0.717) is 31.0 Å². The van der Waals surface area contributed by atoms with Crippen LogP contribution in [0.5, 0.6) is 0 Å². The first-order chi connectivity index (χ1) is 14.4. The van der Waals surface area contributed by atoms with Gasteiger partial charge in [-0.15, -0.1) is 0 Å². The minimum atomic E-state index is -3.44. The molecular formula is C23H27FN2O3S. The Hall–Kier alpha value is -2.51.